The number of hydrogen-bond acceptors (Lipinski definition) is 2. The van der Waals surface area contributed by atoms with E-state index in [2.05, 4.69) is 48.5 Å². The Bertz CT molecular complexity index is 171. The van der Waals surface area contributed by atoms with Gasteiger partial charge in [-0.2, -0.15) is 0 Å². The van der Waals surface area contributed by atoms with Crippen molar-refractivity contribution in [1.82, 2.24) is 0 Å². The molecule has 0 fully saturated rings. The van der Waals surface area contributed by atoms with Crippen molar-refractivity contribution in [3.63, 3.8) is 0 Å². The lowest BCUT2D eigenvalue weighted by atomic mass is 9.66. The van der Waals surface area contributed by atoms with E-state index in [0.29, 0.717) is 5.92 Å². The second kappa shape index (κ2) is 4.63. The van der Waals surface area contributed by atoms with Gasteiger partial charge in [-0.1, -0.05) is 48.5 Å². The summed E-state index contributed by atoms with van der Waals surface area (Å²) in [5.41, 5.74) is -0.0171. The molecule has 0 radical (unpaired) electrons. The maximum absolute atomic E-state index is 9.08. The average Bonchev–Trinajstić information content (AvgIpc) is 2.04. The average molecular weight is 202 g/mol. The highest BCUT2D eigenvalue weighted by Gasteiger charge is 2.43. The van der Waals surface area contributed by atoms with Crippen molar-refractivity contribution >= 4 is 0 Å². The summed E-state index contributed by atoms with van der Waals surface area (Å²) in [5, 5.41) is 9.08. The van der Waals surface area contributed by atoms with Crippen LogP contribution in [0.3, 0.4) is 0 Å². The van der Waals surface area contributed by atoms with Crippen LogP contribution in [0.1, 0.15) is 54.9 Å². The minimum Gasteiger partial charge on any atom is -0.251 e. The van der Waals surface area contributed by atoms with Crippen LogP contribution in [0.4, 0.5) is 0 Å². The fourth-order valence-corrected chi connectivity index (χ4v) is 1.77. The van der Waals surface area contributed by atoms with E-state index in [0.717, 1.165) is 6.42 Å². The van der Waals surface area contributed by atoms with Crippen LogP contribution in [0.5, 0.6) is 0 Å². The molecular weight excluding hydrogens is 176 g/mol. The predicted octanol–water partition coefficient (Wildman–Crippen LogP) is 3.96. The van der Waals surface area contributed by atoms with Crippen LogP contribution in [-0.4, -0.2) is 11.4 Å². The summed E-state index contributed by atoms with van der Waals surface area (Å²) in [5.74, 6) is 0.477. The SMILES string of the molecule is CCC(C)(C)C(OO)C(C)(C)C(C)C. The van der Waals surface area contributed by atoms with E-state index >= 15 is 0 Å². The van der Waals surface area contributed by atoms with Crippen LogP contribution < -0.4 is 0 Å². The second-order valence-corrected chi connectivity index (χ2v) is 5.80. The van der Waals surface area contributed by atoms with Crippen molar-refractivity contribution in [3.8, 4) is 0 Å². The first-order valence-electron chi connectivity index (χ1n) is 5.50. The van der Waals surface area contributed by atoms with Gasteiger partial charge in [0.1, 0.15) is 6.10 Å². The molecule has 0 saturated heterocycles. The van der Waals surface area contributed by atoms with Gasteiger partial charge in [0.25, 0.3) is 0 Å². The molecule has 86 valence electrons. The van der Waals surface area contributed by atoms with Crippen LogP contribution in [0.15, 0.2) is 0 Å². The Morgan fingerprint density at radius 3 is 1.79 bits per heavy atom. The predicted molar refractivity (Wildman–Crippen MR) is 60.2 cm³/mol. The lowest BCUT2D eigenvalue weighted by Crippen LogP contribution is -2.45. The first-order valence-corrected chi connectivity index (χ1v) is 5.50. The van der Waals surface area contributed by atoms with Crippen molar-refractivity contribution in [2.75, 3.05) is 0 Å². The number of hydrogen-bond donors (Lipinski definition) is 1. The Kier molecular flexibility index (Phi) is 4.60. The molecule has 0 aromatic carbocycles. The molecule has 0 spiro atoms. The van der Waals surface area contributed by atoms with Crippen molar-refractivity contribution in [3.05, 3.63) is 0 Å². The molecule has 0 aromatic heterocycles. The second-order valence-electron chi connectivity index (χ2n) is 5.80. The quantitative estimate of drug-likeness (QED) is 0.540. The van der Waals surface area contributed by atoms with Gasteiger partial charge in [0.2, 0.25) is 0 Å². The third-order valence-electron chi connectivity index (χ3n) is 3.89. The number of rotatable bonds is 5. The maximum Gasteiger partial charge on any atom is 0.103 e. The molecule has 1 atom stereocenters. The van der Waals surface area contributed by atoms with Crippen molar-refractivity contribution in [2.24, 2.45) is 16.7 Å². The van der Waals surface area contributed by atoms with Gasteiger partial charge < -0.3 is 0 Å². The lowest BCUT2D eigenvalue weighted by Gasteiger charge is -2.44. The maximum atomic E-state index is 9.08. The molecule has 2 nitrogen and oxygen atoms in total. The molecule has 2 heteroatoms. The lowest BCUT2D eigenvalue weighted by molar-refractivity contribution is -0.330. The largest absolute Gasteiger partial charge is 0.251 e. The molecular formula is C12H26O2. The summed E-state index contributed by atoms with van der Waals surface area (Å²) in [6, 6.07) is 0. The van der Waals surface area contributed by atoms with Gasteiger partial charge in [0.05, 0.1) is 0 Å². The van der Waals surface area contributed by atoms with Gasteiger partial charge in [-0.15, -0.1) is 0 Å². The van der Waals surface area contributed by atoms with Crippen molar-refractivity contribution < 1.29 is 10.1 Å². The van der Waals surface area contributed by atoms with Gasteiger partial charge in [0, 0.05) is 0 Å². The zero-order chi connectivity index (χ0) is 11.6. The highest BCUT2D eigenvalue weighted by atomic mass is 17.1. The zero-order valence-corrected chi connectivity index (χ0v) is 10.7. The fraction of sp³-hybridized carbons (Fsp3) is 1.00. The normalized spacial score (nSPS) is 16.1. The van der Waals surface area contributed by atoms with Crippen LogP contribution in [-0.2, 0) is 4.89 Å². The Hall–Kier alpha value is -0.0800. The van der Waals surface area contributed by atoms with Crippen molar-refractivity contribution in [1.29, 1.82) is 0 Å². The van der Waals surface area contributed by atoms with E-state index < -0.39 is 0 Å². The Labute approximate surface area is 88.6 Å². The Balaban J connectivity index is 4.89. The molecule has 0 bridgehead atoms. The highest BCUT2D eigenvalue weighted by molar-refractivity contribution is 4.90. The fourth-order valence-electron chi connectivity index (χ4n) is 1.77. The Morgan fingerprint density at radius 2 is 1.57 bits per heavy atom. The first-order chi connectivity index (χ1) is 6.20. The summed E-state index contributed by atoms with van der Waals surface area (Å²) in [6.45, 7) is 15.0. The smallest absolute Gasteiger partial charge is 0.103 e. The highest BCUT2D eigenvalue weighted by Crippen LogP contribution is 2.42. The van der Waals surface area contributed by atoms with Gasteiger partial charge in [-0.3, -0.25) is 5.26 Å². The molecule has 0 aliphatic rings. The molecule has 1 N–H and O–H groups in total. The van der Waals surface area contributed by atoms with Gasteiger partial charge in [-0.05, 0) is 23.2 Å². The molecule has 0 heterocycles. The molecule has 0 aliphatic carbocycles. The molecule has 0 aliphatic heterocycles. The van der Waals surface area contributed by atoms with Crippen LogP contribution in [0, 0.1) is 16.7 Å². The minimum atomic E-state index is -0.125. The van der Waals surface area contributed by atoms with E-state index in [-0.39, 0.29) is 16.9 Å². The molecule has 0 amide bonds. The molecule has 0 rings (SSSR count). The summed E-state index contributed by atoms with van der Waals surface area (Å²) in [7, 11) is 0. The van der Waals surface area contributed by atoms with Crippen LogP contribution in [0.25, 0.3) is 0 Å². The summed E-state index contributed by atoms with van der Waals surface area (Å²) in [4.78, 5) is 4.73. The van der Waals surface area contributed by atoms with Crippen LogP contribution >= 0.6 is 0 Å². The zero-order valence-electron chi connectivity index (χ0n) is 10.7. The van der Waals surface area contributed by atoms with Crippen molar-refractivity contribution in [2.45, 2.75) is 61.0 Å². The Morgan fingerprint density at radius 1 is 1.14 bits per heavy atom. The standard InChI is InChI=1S/C12H26O2/c1-8-11(4,5)10(14-13)12(6,7)9(2)3/h9-10,13H,8H2,1-7H3. The van der Waals surface area contributed by atoms with Gasteiger partial charge in [0.15, 0.2) is 0 Å². The van der Waals surface area contributed by atoms with E-state index in [1.165, 1.54) is 0 Å². The van der Waals surface area contributed by atoms with E-state index in [1.54, 1.807) is 0 Å². The molecule has 1 unspecified atom stereocenters. The summed E-state index contributed by atoms with van der Waals surface area (Å²) < 4.78 is 0. The minimum absolute atomic E-state index is 0.00250. The summed E-state index contributed by atoms with van der Waals surface area (Å²) >= 11 is 0. The third-order valence-corrected chi connectivity index (χ3v) is 3.89. The monoisotopic (exact) mass is 202 g/mol. The van der Waals surface area contributed by atoms with Crippen LogP contribution in [0.2, 0.25) is 0 Å². The van der Waals surface area contributed by atoms with E-state index in [9.17, 15) is 0 Å². The van der Waals surface area contributed by atoms with E-state index in [4.69, 9.17) is 10.1 Å². The topological polar surface area (TPSA) is 29.5 Å². The summed E-state index contributed by atoms with van der Waals surface area (Å²) in [6.07, 6.45) is 0.869. The van der Waals surface area contributed by atoms with E-state index in [1.807, 2.05) is 0 Å². The van der Waals surface area contributed by atoms with Gasteiger partial charge >= 0.3 is 0 Å². The molecule has 0 saturated carbocycles. The van der Waals surface area contributed by atoms with Gasteiger partial charge in [-0.25, -0.2) is 4.89 Å². The molecule has 0 aromatic rings. The molecule has 14 heavy (non-hydrogen) atoms. The first kappa shape index (κ1) is 13.9. The third kappa shape index (κ3) is 2.71.